The number of aliphatic imine (C=N–C) groups is 1. The van der Waals surface area contributed by atoms with Gasteiger partial charge in [0, 0.05) is 45.5 Å². The van der Waals surface area contributed by atoms with Crippen LogP contribution in [-0.2, 0) is 6.54 Å². The molecular formula is C18H26IN5S. The van der Waals surface area contributed by atoms with Gasteiger partial charge in [-0.2, -0.15) is 0 Å². The van der Waals surface area contributed by atoms with Crippen LogP contribution in [0, 0.1) is 0 Å². The van der Waals surface area contributed by atoms with Crippen molar-refractivity contribution >= 4 is 46.4 Å². The normalized spacial score (nSPS) is 17.3. The average molecular weight is 471 g/mol. The maximum atomic E-state index is 4.61. The third kappa shape index (κ3) is 5.07. The van der Waals surface area contributed by atoms with E-state index < -0.39 is 0 Å². The second-order valence-corrected chi connectivity index (χ2v) is 7.10. The van der Waals surface area contributed by atoms with Crippen LogP contribution in [0.25, 0.3) is 0 Å². The Labute approximate surface area is 171 Å². The number of nitrogens with zero attached hydrogens (tertiary/aromatic N) is 4. The second-order valence-electron chi connectivity index (χ2n) is 6.26. The topological polar surface area (TPSA) is 43.8 Å². The maximum absolute atomic E-state index is 4.61. The van der Waals surface area contributed by atoms with Gasteiger partial charge in [0.2, 0.25) is 0 Å². The first-order valence-corrected chi connectivity index (χ1v) is 9.17. The number of aromatic nitrogens is 1. The van der Waals surface area contributed by atoms with Crippen LogP contribution in [0.15, 0.2) is 40.7 Å². The molecule has 1 fully saturated rings. The molecule has 7 heteroatoms. The molecule has 2 aromatic rings. The highest BCUT2D eigenvalue weighted by atomic mass is 127. The predicted octanol–water partition coefficient (Wildman–Crippen LogP) is 3.39. The first kappa shape index (κ1) is 20.0. The van der Waals surface area contributed by atoms with Crippen molar-refractivity contribution in [1.29, 1.82) is 0 Å². The molecule has 25 heavy (non-hydrogen) atoms. The molecule has 0 aliphatic carbocycles. The highest BCUT2D eigenvalue weighted by molar-refractivity contribution is 14.0. The zero-order chi connectivity index (χ0) is 16.9. The molecule has 0 spiro atoms. The van der Waals surface area contributed by atoms with Crippen LogP contribution in [0.2, 0.25) is 0 Å². The molecule has 1 aromatic heterocycles. The van der Waals surface area contributed by atoms with E-state index >= 15 is 0 Å². The minimum absolute atomic E-state index is 0. The van der Waals surface area contributed by atoms with E-state index in [4.69, 9.17) is 0 Å². The van der Waals surface area contributed by atoms with Crippen LogP contribution >= 0.6 is 35.3 Å². The van der Waals surface area contributed by atoms with E-state index in [1.165, 1.54) is 12.0 Å². The first-order valence-electron chi connectivity index (χ1n) is 8.29. The van der Waals surface area contributed by atoms with Crippen molar-refractivity contribution in [2.75, 3.05) is 39.1 Å². The number of thiazole rings is 1. The fourth-order valence-corrected chi connectivity index (χ4v) is 3.79. The zero-order valence-electron chi connectivity index (χ0n) is 15.0. The Balaban J connectivity index is 0.00000225. The summed E-state index contributed by atoms with van der Waals surface area (Å²) in [5.41, 5.74) is 2.48. The first-order chi connectivity index (χ1) is 11.7. The molecular weight excluding hydrogens is 445 g/mol. The van der Waals surface area contributed by atoms with E-state index in [9.17, 15) is 0 Å². The van der Waals surface area contributed by atoms with Gasteiger partial charge in [-0.15, -0.1) is 35.3 Å². The van der Waals surface area contributed by atoms with E-state index in [0.717, 1.165) is 29.9 Å². The van der Waals surface area contributed by atoms with E-state index in [1.807, 2.05) is 26.0 Å². The summed E-state index contributed by atoms with van der Waals surface area (Å²) in [4.78, 5) is 13.4. The third-order valence-electron chi connectivity index (χ3n) is 4.32. The van der Waals surface area contributed by atoms with Gasteiger partial charge in [-0.05, 0) is 12.0 Å². The van der Waals surface area contributed by atoms with Crippen LogP contribution in [0.1, 0.15) is 23.6 Å². The van der Waals surface area contributed by atoms with Crippen molar-refractivity contribution in [3.8, 4) is 0 Å². The standard InChI is InChI=1S/C18H25N5S.HI/c1-19-17(20-11-16-13-24-18(21-16)22(2)3)23-10-9-15(12-23)14-7-5-4-6-8-14;/h4-8,13,15H,9-12H2,1-3H3,(H,19,20);1H. The lowest BCUT2D eigenvalue weighted by Gasteiger charge is -2.21. The Morgan fingerprint density at radius 2 is 2.12 bits per heavy atom. The third-order valence-corrected chi connectivity index (χ3v) is 5.38. The van der Waals surface area contributed by atoms with Crippen LogP contribution in [-0.4, -0.2) is 50.1 Å². The summed E-state index contributed by atoms with van der Waals surface area (Å²) in [5.74, 6) is 1.55. The molecule has 5 nitrogen and oxygen atoms in total. The van der Waals surface area contributed by atoms with E-state index in [1.54, 1.807) is 11.3 Å². The summed E-state index contributed by atoms with van der Waals surface area (Å²) in [5, 5.41) is 6.59. The summed E-state index contributed by atoms with van der Waals surface area (Å²) < 4.78 is 0. The van der Waals surface area contributed by atoms with Crippen LogP contribution in [0.4, 0.5) is 5.13 Å². The van der Waals surface area contributed by atoms with E-state index in [2.05, 4.69) is 55.9 Å². The maximum Gasteiger partial charge on any atom is 0.193 e. The van der Waals surface area contributed by atoms with Gasteiger partial charge >= 0.3 is 0 Å². The van der Waals surface area contributed by atoms with E-state index in [-0.39, 0.29) is 24.0 Å². The Morgan fingerprint density at radius 1 is 1.36 bits per heavy atom. The van der Waals surface area contributed by atoms with Crippen LogP contribution < -0.4 is 10.2 Å². The average Bonchev–Trinajstić information content (AvgIpc) is 3.26. The Kier molecular flexibility index (Phi) is 7.49. The van der Waals surface area contributed by atoms with Gasteiger partial charge in [-0.3, -0.25) is 4.99 Å². The molecule has 1 aliphatic heterocycles. The van der Waals surface area contributed by atoms with Crippen molar-refractivity contribution in [2.45, 2.75) is 18.9 Å². The monoisotopic (exact) mass is 471 g/mol. The molecule has 3 rings (SSSR count). The summed E-state index contributed by atoms with van der Waals surface area (Å²) in [6, 6.07) is 10.8. The quantitative estimate of drug-likeness (QED) is 0.422. The molecule has 0 radical (unpaired) electrons. The number of benzene rings is 1. The number of halogens is 1. The van der Waals surface area contributed by atoms with Gasteiger partial charge in [-0.1, -0.05) is 30.3 Å². The molecule has 1 atom stereocenters. The summed E-state index contributed by atoms with van der Waals surface area (Å²) in [6.45, 7) is 2.77. The SMILES string of the molecule is CN=C(NCc1csc(N(C)C)n1)N1CCC(c2ccccc2)C1.I. The van der Waals surface area contributed by atoms with Crippen LogP contribution in [0.3, 0.4) is 0 Å². The molecule has 0 saturated carbocycles. The van der Waals surface area contributed by atoms with Gasteiger partial charge in [-0.25, -0.2) is 4.98 Å². The number of anilines is 1. The van der Waals surface area contributed by atoms with Crippen molar-refractivity contribution in [1.82, 2.24) is 15.2 Å². The molecule has 1 unspecified atom stereocenters. The number of likely N-dealkylation sites (tertiary alicyclic amines) is 1. The number of hydrogen-bond donors (Lipinski definition) is 1. The molecule has 1 aromatic carbocycles. The van der Waals surface area contributed by atoms with Crippen molar-refractivity contribution < 1.29 is 0 Å². The van der Waals surface area contributed by atoms with Gasteiger partial charge < -0.3 is 15.1 Å². The smallest absolute Gasteiger partial charge is 0.193 e. The van der Waals surface area contributed by atoms with E-state index in [0.29, 0.717) is 12.5 Å². The fourth-order valence-electron chi connectivity index (χ4n) is 3.03. The minimum Gasteiger partial charge on any atom is -0.354 e. The highest BCUT2D eigenvalue weighted by Gasteiger charge is 2.25. The largest absolute Gasteiger partial charge is 0.354 e. The Bertz CT molecular complexity index is 686. The lowest BCUT2D eigenvalue weighted by Crippen LogP contribution is -2.39. The van der Waals surface area contributed by atoms with Gasteiger partial charge in [0.1, 0.15) is 0 Å². The van der Waals surface area contributed by atoms with Crippen molar-refractivity contribution in [3.63, 3.8) is 0 Å². The number of guanidine groups is 1. The van der Waals surface area contributed by atoms with Gasteiger partial charge in [0.05, 0.1) is 12.2 Å². The van der Waals surface area contributed by atoms with Crippen LogP contribution in [0.5, 0.6) is 0 Å². The lowest BCUT2D eigenvalue weighted by molar-refractivity contribution is 0.485. The Morgan fingerprint density at radius 3 is 2.76 bits per heavy atom. The lowest BCUT2D eigenvalue weighted by atomic mass is 9.99. The summed E-state index contributed by atoms with van der Waals surface area (Å²) in [6.07, 6.45) is 1.17. The number of hydrogen-bond acceptors (Lipinski definition) is 4. The number of rotatable bonds is 4. The molecule has 0 bridgehead atoms. The molecule has 2 heterocycles. The zero-order valence-corrected chi connectivity index (χ0v) is 18.1. The molecule has 0 amide bonds. The highest BCUT2D eigenvalue weighted by Crippen LogP contribution is 2.27. The van der Waals surface area contributed by atoms with Crippen molar-refractivity contribution in [2.24, 2.45) is 4.99 Å². The van der Waals surface area contributed by atoms with Crippen molar-refractivity contribution in [3.05, 3.63) is 47.0 Å². The predicted molar refractivity (Wildman–Crippen MR) is 117 cm³/mol. The summed E-state index contributed by atoms with van der Waals surface area (Å²) in [7, 11) is 5.89. The summed E-state index contributed by atoms with van der Waals surface area (Å²) >= 11 is 1.67. The minimum atomic E-state index is 0. The second kappa shape index (κ2) is 9.38. The Hall–Kier alpha value is -1.35. The number of nitrogens with one attached hydrogen (secondary N) is 1. The fraction of sp³-hybridized carbons (Fsp3) is 0.444. The van der Waals surface area contributed by atoms with Gasteiger partial charge in [0.15, 0.2) is 11.1 Å². The molecule has 1 aliphatic rings. The molecule has 1 N–H and O–H groups in total. The molecule has 136 valence electrons. The van der Waals surface area contributed by atoms with Gasteiger partial charge in [0.25, 0.3) is 0 Å². The molecule has 1 saturated heterocycles.